The number of rotatable bonds is 4. The van der Waals surface area contributed by atoms with Gasteiger partial charge in [0, 0.05) is 17.8 Å². The van der Waals surface area contributed by atoms with Crippen LogP contribution in [0.4, 0.5) is 0 Å². The van der Waals surface area contributed by atoms with E-state index >= 15 is 0 Å². The highest BCUT2D eigenvalue weighted by molar-refractivity contribution is 5.78. The molecule has 5 aliphatic carbocycles. The first-order chi connectivity index (χ1) is 18.4. The second-order valence-electron chi connectivity index (χ2n) is 15.2. The predicted molar refractivity (Wildman–Crippen MR) is 153 cm³/mol. The minimum atomic E-state index is -0.363. The lowest BCUT2D eigenvalue weighted by Gasteiger charge is -2.72. The summed E-state index contributed by atoms with van der Waals surface area (Å²) >= 11 is 0. The zero-order chi connectivity index (χ0) is 28.0. The Morgan fingerprint density at radius 1 is 1.00 bits per heavy atom. The van der Waals surface area contributed by atoms with Crippen LogP contribution in [-0.2, 0) is 21.4 Å². The predicted octanol–water partition coefficient (Wildman–Crippen LogP) is 6.68. The van der Waals surface area contributed by atoms with E-state index in [1.807, 2.05) is 13.1 Å². The average molecular weight is 535 g/mol. The molecule has 4 saturated carbocycles. The molecule has 0 bridgehead atoms. The van der Waals surface area contributed by atoms with E-state index in [2.05, 4.69) is 41.2 Å². The van der Waals surface area contributed by atoms with Gasteiger partial charge in [0.15, 0.2) is 0 Å². The normalized spacial score (nSPS) is 48.1. The Kier molecular flexibility index (Phi) is 6.24. The first kappa shape index (κ1) is 27.4. The number of fused-ring (bicyclic) bond motifs is 8. The van der Waals surface area contributed by atoms with Crippen LogP contribution in [0.2, 0.25) is 0 Å². The summed E-state index contributed by atoms with van der Waals surface area (Å²) in [6.07, 6.45) is 13.2. The maximum absolute atomic E-state index is 13.7. The van der Waals surface area contributed by atoms with E-state index in [-0.39, 0.29) is 39.7 Å². The molecule has 4 fully saturated rings. The minimum absolute atomic E-state index is 0.0562. The van der Waals surface area contributed by atoms with Crippen molar-refractivity contribution in [3.05, 3.63) is 35.9 Å². The van der Waals surface area contributed by atoms with Crippen LogP contribution in [-0.4, -0.2) is 34.3 Å². The smallest absolute Gasteiger partial charge is 0.312 e. The molecule has 5 aliphatic rings. The third-order valence-electron chi connectivity index (χ3n) is 14.0. The minimum Gasteiger partial charge on any atom is -0.466 e. The molecule has 0 aromatic carbocycles. The van der Waals surface area contributed by atoms with Crippen molar-refractivity contribution in [2.75, 3.05) is 13.2 Å². The van der Waals surface area contributed by atoms with Crippen molar-refractivity contribution in [3.8, 4) is 0 Å². The van der Waals surface area contributed by atoms with Crippen molar-refractivity contribution in [2.45, 2.75) is 105 Å². The Hall–Kier alpha value is -1.75. The molecule has 1 aromatic rings. The zero-order valence-electron chi connectivity index (χ0n) is 25.2. The molecule has 5 nitrogen and oxygen atoms in total. The summed E-state index contributed by atoms with van der Waals surface area (Å²) in [5.74, 6) is 2.23. The molecule has 1 aromatic heterocycles. The van der Waals surface area contributed by atoms with E-state index in [1.165, 1.54) is 18.4 Å². The number of esters is 1. The van der Waals surface area contributed by atoms with Crippen molar-refractivity contribution >= 4 is 5.97 Å². The van der Waals surface area contributed by atoms with Gasteiger partial charge < -0.3 is 9.84 Å². The van der Waals surface area contributed by atoms with Gasteiger partial charge in [0.05, 0.1) is 30.0 Å². The van der Waals surface area contributed by atoms with Gasteiger partial charge in [0.2, 0.25) is 0 Å². The van der Waals surface area contributed by atoms with Gasteiger partial charge in [-0.2, -0.15) is 0 Å². The Morgan fingerprint density at radius 3 is 2.44 bits per heavy atom. The third kappa shape index (κ3) is 3.32. The fourth-order valence-corrected chi connectivity index (χ4v) is 12.1. The molecule has 1 heterocycles. The van der Waals surface area contributed by atoms with Gasteiger partial charge in [0.1, 0.15) is 0 Å². The van der Waals surface area contributed by atoms with E-state index in [0.29, 0.717) is 36.2 Å². The zero-order valence-corrected chi connectivity index (χ0v) is 25.2. The van der Waals surface area contributed by atoms with Crippen LogP contribution in [0.5, 0.6) is 0 Å². The molecular weight excluding hydrogens is 484 g/mol. The van der Waals surface area contributed by atoms with Crippen LogP contribution in [0.1, 0.15) is 104 Å². The number of hydrogen-bond donors (Lipinski definition) is 1. The van der Waals surface area contributed by atoms with Gasteiger partial charge in [-0.25, -0.2) is 0 Å². The summed E-state index contributed by atoms with van der Waals surface area (Å²) in [4.78, 5) is 23.3. The summed E-state index contributed by atoms with van der Waals surface area (Å²) in [5, 5.41) is 10.8. The van der Waals surface area contributed by atoms with Crippen LogP contribution < -0.4 is 0 Å². The summed E-state index contributed by atoms with van der Waals surface area (Å²) in [7, 11) is 0. The number of aromatic nitrogens is 2. The highest BCUT2D eigenvalue weighted by atomic mass is 16.5. The second kappa shape index (κ2) is 8.87. The van der Waals surface area contributed by atoms with Crippen molar-refractivity contribution in [1.29, 1.82) is 0 Å². The molecule has 0 spiro atoms. The summed E-state index contributed by atoms with van der Waals surface area (Å²) in [6.45, 7) is 19.1. The molecular formula is C34H50N2O3. The summed E-state index contributed by atoms with van der Waals surface area (Å²) in [5.41, 5.74) is 3.03. The van der Waals surface area contributed by atoms with Gasteiger partial charge in [-0.15, -0.1) is 0 Å². The maximum atomic E-state index is 13.7. The van der Waals surface area contributed by atoms with Crippen LogP contribution in [0.25, 0.3) is 0 Å². The van der Waals surface area contributed by atoms with Crippen molar-refractivity contribution in [3.63, 3.8) is 0 Å². The Morgan fingerprint density at radius 2 is 1.74 bits per heavy atom. The topological polar surface area (TPSA) is 72.3 Å². The largest absolute Gasteiger partial charge is 0.466 e. The number of allylic oxidation sites excluding steroid dienone is 1. The Bertz CT molecular complexity index is 1180. The van der Waals surface area contributed by atoms with E-state index in [4.69, 9.17) is 14.7 Å². The van der Waals surface area contributed by atoms with Gasteiger partial charge >= 0.3 is 5.97 Å². The number of carbonyl (C=O) groups excluding carboxylic acids is 1. The highest BCUT2D eigenvalue weighted by Crippen LogP contribution is 2.77. The van der Waals surface area contributed by atoms with Crippen LogP contribution in [0, 0.1) is 51.2 Å². The van der Waals surface area contributed by atoms with E-state index in [1.54, 1.807) is 6.20 Å². The van der Waals surface area contributed by atoms with Gasteiger partial charge in [-0.3, -0.25) is 14.8 Å². The van der Waals surface area contributed by atoms with Crippen molar-refractivity contribution < 1.29 is 14.6 Å². The first-order valence-electron chi connectivity index (χ1n) is 15.7. The number of hydrogen-bond acceptors (Lipinski definition) is 5. The summed E-state index contributed by atoms with van der Waals surface area (Å²) < 4.78 is 5.81. The fraction of sp³-hybridized carbons (Fsp3) is 0.794. The van der Waals surface area contributed by atoms with Gasteiger partial charge in [-0.05, 0) is 117 Å². The molecule has 214 valence electrons. The monoisotopic (exact) mass is 534 g/mol. The van der Waals surface area contributed by atoms with E-state index in [0.717, 1.165) is 56.3 Å². The maximum Gasteiger partial charge on any atom is 0.312 e. The number of aliphatic hydroxyl groups is 1. The number of ether oxygens (including phenoxy) is 1. The molecule has 0 unspecified atom stereocenters. The van der Waals surface area contributed by atoms with Crippen molar-refractivity contribution in [2.24, 2.45) is 51.2 Å². The van der Waals surface area contributed by atoms with Gasteiger partial charge in [-0.1, -0.05) is 39.8 Å². The number of aliphatic hydroxyl groups excluding tert-OH is 1. The molecule has 0 amide bonds. The van der Waals surface area contributed by atoms with Gasteiger partial charge in [0.25, 0.3) is 0 Å². The lowest BCUT2D eigenvalue weighted by molar-refractivity contribution is -0.231. The molecule has 39 heavy (non-hydrogen) atoms. The molecule has 0 radical (unpaired) electrons. The summed E-state index contributed by atoms with van der Waals surface area (Å²) in [6, 6.07) is 0. The van der Waals surface area contributed by atoms with Crippen LogP contribution in [0.3, 0.4) is 0 Å². The van der Waals surface area contributed by atoms with Crippen LogP contribution >= 0.6 is 0 Å². The fourth-order valence-electron chi connectivity index (χ4n) is 12.1. The lowest BCUT2D eigenvalue weighted by Crippen LogP contribution is -2.67. The second-order valence-corrected chi connectivity index (χ2v) is 15.2. The standard InChI is InChI=1S/C34H50N2O3/c1-8-39-29(38)34-14-11-22(21(2)3)27(34)23-9-10-26-30(4)19-24-28(36-18-17-35-24)31(5,20-37)25(30)12-13-33(26,7)32(23,6)15-16-34/h17-18,22-23,25-27,37H,2,8-16,19-20H2,1,3-7H3/t22-,23+,25+,26+,27+,30-,31-,32+,33+,34-/m0/s1. The highest BCUT2D eigenvalue weighted by Gasteiger charge is 2.72. The lowest BCUT2D eigenvalue weighted by atomic mass is 9.32. The van der Waals surface area contributed by atoms with Crippen LogP contribution in [0.15, 0.2) is 24.5 Å². The van der Waals surface area contributed by atoms with E-state index < -0.39 is 0 Å². The SMILES string of the molecule is C=C(C)[C@@H]1CC[C@]2(C(=O)OCC)CC[C@]3(C)[C@H](CC[C@@H]4[C@@]5(C)Cc6nccnc6[C@@](C)(CO)[C@@H]5CC[C@]43C)[C@@H]12. The Labute approximate surface area is 235 Å². The quantitative estimate of drug-likeness (QED) is 0.344. The molecule has 6 rings (SSSR count). The first-order valence-corrected chi connectivity index (χ1v) is 15.7. The third-order valence-corrected chi connectivity index (χ3v) is 14.0. The molecule has 10 atom stereocenters. The van der Waals surface area contributed by atoms with Crippen molar-refractivity contribution in [1.82, 2.24) is 9.97 Å². The Balaban J connectivity index is 1.43. The molecule has 5 heteroatoms. The molecule has 0 saturated heterocycles. The molecule has 1 N–H and O–H groups in total. The number of nitrogens with zero attached hydrogens (tertiary/aromatic N) is 2. The molecule has 0 aliphatic heterocycles. The average Bonchev–Trinajstić information content (AvgIpc) is 3.30. The number of carbonyl (C=O) groups is 1. The van der Waals surface area contributed by atoms with E-state index in [9.17, 15) is 9.90 Å².